The van der Waals surface area contributed by atoms with Gasteiger partial charge in [-0.3, -0.25) is 9.69 Å². The number of carboxylic acids is 1. The third-order valence-corrected chi connectivity index (χ3v) is 3.60. The lowest BCUT2D eigenvalue weighted by Crippen LogP contribution is -2.63. The van der Waals surface area contributed by atoms with Crippen molar-refractivity contribution in [3.05, 3.63) is 0 Å². The summed E-state index contributed by atoms with van der Waals surface area (Å²) in [7, 11) is 0. The number of carbonyl (C=O) groups is 1. The summed E-state index contributed by atoms with van der Waals surface area (Å²) >= 11 is 0. The highest BCUT2D eigenvalue weighted by molar-refractivity contribution is 5.73. The molecule has 0 radical (unpaired) electrons. The summed E-state index contributed by atoms with van der Waals surface area (Å²) in [5.41, 5.74) is 0.545. The van der Waals surface area contributed by atoms with E-state index in [0.29, 0.717) is 5.41 Å². The van der Waals surface area contributed by atoms with Gasteiger partial charge in [-0.05, 0) is 24.7 Å². The summed E-state index contributed by atoms with van der Waals surface area (Å²) in [6, 6.07) is -0.230. The molecule has 1 saturated heterocycles. The lowest BCUT2D eigenvalue weighted by molar-refractivity contribution is -0.154. The molecule has 0 aromatic rings. The second kappa shape index (κ2) is 2.98. The summed E-state index contributed by atoms with van der Waals surface area (Å²) in [6.45, 7) is 4.00. The Morgan fingerprint density at radius 1 is 1.54 bits per heavy atom. The molecule has 1 atom stereocenters. The molecule has 0 aromatic heterocycles. The van der Waals surface area contributed by atoms with Crippen LogP contribution < -0.4 is 0 Å². The van der Waals surface area contributed by atoms with E-state index in [1.54, 1.807) is 0 Å². The van der Waals surface area contributed by atoms with Crippen molar-refractivity contribution in [3.63, 3.8) is 0 Å². The second-order valence-electron chi connectivity index (χ2n) is 4.52. The van der Waals surface area contributed by atoms with E-state index in [-0.39, 0.29) is 6.04 Å². The molecule has 0 bridgehead atoms. The van der Waals surface area contributed by atoms with Crippen LogP contribution in [0.5, 0.6) is 0 Å². The van der Waals surface area contributed by atoms with Crippen LogP contribution in [-0.4, -0.2) is 35.1 Å². The van der Waals surface area contributed by atoms with Gasteiger partial charge >= 0.3 is 5.97 Å². The van der Waals surface area contributed by atoms with Crippen LogP contribution in [0.25, 0.3) is 0 Å². The quantitative estimate of drug-likeness (QED) is 0.717. The molecule has 3 nitrogen and oxygen atoms in total. The monoisotopic (exact) mass is 183 g/mol. The molecule has 1 aliphatic heterocycles. The normalized spacial score (nSPS) is 27.8. The Bertz CT molecular complexity index is 215. The van der Waals surface area contributed by atoms with Crippen molar-refractivity contribution in [2.45, 2.75) is 38.6 Å². The van der Waals surface area contributed by atoms with Crippen molar-refractivity contribution in [2.24, 2.45) is 5.41 Å². The van der Waals surface area contributed by atoms with E-state index in [1.165, 1.54) is 19.3 Å². The number of carboxylic acid groups (broad SMARTS) is 1. The average Bonchev–Trinajstić information content (AvgIpc) is 1.90. The van der Waals surface area contributed by atoms with Gasteiger partial charge in [0, 0.05) is 13.1 Å². The minimum absolute atomic E-state index is 0.230. The highest BCUT2D eigenvalue weighted by Crippen LogP contribution is 2.48. The molecule has 2 aliphatic rings. The number of rotatable bonds is 3. The molecule has 1 heterocycles. The first-order chi connectivity index (χ1) is 6.17. The average molecular weight is 183 g/mol. The molecule has 2 fully saturated rings. The maximum atomic E-state index is 10.8. The van der Waals surface area contributed by atoms with Crippen LogP contribution in [-0.2, 0) is 4.79 Å². The highest BCUT2D eigenvalue weighted by atomic mass is 16.4. The maximum Gasteiger partial charge on any atom is 0.320 e. The van der Waals surface area contributed by atoms with Gasteiger partial charge in [-0.25, -0.2) is 0 Å². The first kappa shape index (κ1) is 9.00. The summed E-state index contributed by atoms with van der Waals surface area (Å²) in [5, 5.41) is 8.93. The highest BCUT2D eigenvalue weighted by Gasteiger charge is 2.49. The summed E-state index contributed by atoms with van der Waals surface area (Å²) in [6.07, 6.45) is 4.71. The second-order valence-corrected chi connectivity index (χ2v) is 4.52. The van der Waals surface area contributed by atoms with Crippen molar-refractivity contribution in [1.29, 1.82) is 0 Å². The van der Waals surface area contributed by atoms with Gasteiger partial charge in [0.1, 0.15) is 6.04 Å². The Morgan fingerprint density at radius 2 is 2.15 bits per heavy atom. The largest absolute Gasteiger partial charge is 0.480 e. The molecule has 1 unspecified atom stereocenters. The predicted molar refractivity (Wildman–Crippen MR) is 49.6 cm³/mol. The Kier molecular flexibility index (Phi) is 2.06. The summed E-state index contributed by atoms with van der Waals surface area (Å²) < 4.78 is 0. The molecule has 0 aromatic carbocycles. The molecule has 0 amide bonds. The molecule has 74 valence electrons. The van der Waals surface area contributed by atoms with E-state index in [2.05, 4.69) is 4.90 Å². The van der Waals surface area contributed by atoms with Gasteiger partial charge in [0.25, 0.3) is 0 Å². The Hall–Kier alpha value is -0.570. The smallest absolute Gasteiger partial charge is 0.320 e. The molecule has 1 saturated carbocycles. The molecule has 1 N–H and O–H groups in total. The SMILES string of the molecule is CCC(C(=O)O)N1CC2(CCC2)C1. The minimum atomic E-state index is -0.656. The van der Waals surface area contributed by atoms with E-state index < -0.39 is 5.97 Å². The van der Waals surface area contributed by atoms with Crippen LogP contribution in [0.1, 0.15) is 32.6 Å². The van der Waals surface area contributed by atoms with Gasteiger partial charge in [-0.15, -0.1) is 0 Å². The summed E-state index contributed by atoms with van der Waals surface area (Å²) in [4.78, 5) is 13.0. The van der Waals surface area contributed by atoms with Crippen LogP contribution in [0.15, 0.2) is 0 Å². The zero-order valence-corrected chi connectivity index (χ0v) is 8.12. The molecular weight excluding hydrogens is 166 g/mol. The van der Waals surface area contributed by atoms with Crippen molar-refractivity contribution in [3.8, 4) is 0 Å². The Morgan fingerprint density at radius 3 is 2.46 bits per heavy atom. The van der Waals surface area contributed by atoms with E-state index in [1.807, 2.05) is 6.92 Å². The zero-order chi connectivity index (χ0) is 9.47. The van der Waals surface area contributed by atoms with Crippen molar-refractivity contribution < 1.29 is 9.90 Å². The van der Waals surface area contributed by atoms with Crippen LogP contribution >= 0.6 is 0 Å². The first-order valence-corrected chi connectivity index (χ1v) is 5.14. The van der Waals surface area contributed by atoms with Gasteiger partial charge in [-0.1, -0.05) is 13.3 Å². The number of hydrogen-bond acceptors (Lipinski definition) is 2. The third kappa shape index (κ3) is 1.35. The molecule has 3 heteroatoms. The van der Waals surface area contributed by atoms with Gasteiger partial charge < -0.3 is 5.11 Å². The number of nitrogens with zero attached hydrogens (tertiary/aromatic N) is 1. The lowest BCUT2D eigenvalue weighted by atomic mass is 9.63. The van der Waals surface area contributed by atoms with Crippen LogP contribution in [0, 0.1) is 5.41 Å². The zero-order valence-electron chi connectivity index (χ0n) is 8.12. The van der Waals surface area contributed by atoms with E-state index in [4.69, 9.17) is 5.11 Å². The van der Waals surface area contributed by atoms with E-state index >= 15 is 0 Å². The fourth-order valence-corrected chi connectivity index (χ4v) is 2.62. The third-order valence-electron chi connectivity index (χ3n) is 3.60. The number of hydrogen-bond donors (Lipinski definition) is 1. The number of aliphatic carboxylic acids is 1. The van der Waals surface area contributed by atoms with Crippen LogP contribution in [0.3, 0.4) is 0 Å². The Balaban J connectivity index is 1.86. The van der Waals surface area contributed by atoms with Crippen LogP contribution in [0.4, 0.5) is 0 Å². The standard InChI is InChI=1S/C10H17NO2/c1-2-8(9(12)13)11-6-10(7-11)4-3-5-10/h8H,2-7H2,1H3,(H,12,13). The molecule has 13 heavy (non-hydrogen) atoms. The van der Waals surface area contributed by atoms with Gasteiger partial charge in [0.2, 0.25) is 0 Å². The lowest BCUT2D eigenvalue weighted by Gasteiger charge is -2.57. The van der Waals surface area contributed by atoms with Crippen molar-refractivity contribution >= 4 is 5.97 Å². The van der Waals surface area contributed by atoms with E-state index in [0.717, 1.165) is 19.5 Å². The van der Waals surface area contributed by atoms with Gasteiger partial charge in [0.05, 0.1) is 0 Å². The predicted octanol–water partition coefficient (Wildman–Crippen LogP) is 1.34. The van der Waals surface area contributed by atoms with Crippen molar-refractivity contribution in [1.82, 2.24) is 4.90 Å². The fraction of sp³-hybridized carbons (Fsp3) is 0.900. The molecule has 2 rings (SSSR count). The Labute approximate surface area is 78.7 Å². The molecular formula is C10H17NO2. The fourth-order valence-electron chi connectivity index (χ4n) is 2.62. The number of likely N-dealkylation sites (tertiary alicyclic amines) is 1. The summed E-state index contributed by atoms with van der Waals surface area (Å²) in [5.74, 6) is -0.656. The first-order valence-electron chi connectivity index (χ1n) is 5.14. The van der Waals surface area contributed by atoms with E-state index in [9.17, 15) is 4.79 Å². The van der Waals surface area contributed by atoms with Crippen molar-refractivity contribution in [2.75, 3.05) is 13.1 Å². The molecule has 1 aliphatic carbocycles. The maximum absolute atomic E-state index is 10.8. The molecule has 1 spiro atoms. The minimum Gasteiger partial charge on any atom is -0.480 e. The van der Waals surface area contributed by atoms with Crippen LogP contribution in [0.2, 0.25) is 0 Å². The van der Waals surface area contributed by atoms with Gasteiger partial charge in [-0.2, -0.15) is 0 Å². The topological polar surface area (TPSA) is 40.5 Å². The van der Waals surface area contributed by atoms with Gasteiger partial charge in [0.15, 0.2) is 0 Å².